The maximum atomic E-state index is 13.2. The number of benzene rings is 2. The molecule has 3 aromatic rings. The quantitative estimate of drug-likeness (QED) is 0.583. The zero-order valence-electron chi connectivity index (χ0n) is 18.1. The number of aromatic nitrogens is 2. The van der Waals surface area contributed by atoms with Crippen LogP contribution in [0.5, 0.6) is 0 Å². The summed E-state index contributed by atoms with van der Waals surface area (Å²) in [5.41, 5.74) is 1.32. The van der Waals surface area contributed by atoms with E-state index >= 15 is 0 Å². The second-order valence-electron chi connectivity index (χ2n) is 7.82. The van der Waals surface area contributed by atoms with Gasteiger partial charge in [-0.2, -0.15) is 5.10 Å². The molecule has 0 spiro atoms. The average Bonchev–Trinajstić information content (AvgIpc) is 3.38. The number of amides is 4. The lowest BCUT2D eigenvalue weighted by Crippen LogP contribution is -2.45. The molecule has 1 aliphatic heterocycles. The molecule has 164 valence electrons. The first kappa shape index (κ1) is 21.3. The highest BCUT2D eigenvalue weighted by Crippen LogP contribution is 2.32. The minimum Gasteiger partial charge on any atom is -0.340 e. The summed E-state index contributed by atoms with van der Waals surface area (Å²) < 4.78 is 1.74. The molecule has 0 radical (unpaired) electrons. The van der Waals surface area contributed by atoms with Gasteiger partial charge < -0.3 is 10.2 Å². The van der Waals surface area contributed by atoms with Crippen molar-refractivity contribution in [2.45, 2.75) is 25.4 Å². The Labute approximate surface area is 186 Å². The second-order valence-corrected chi connectivity index (χ2v) is 7.82. The van der Waals surface area contributed by atoms with Crippen molar-refractivity contribution >= 4 is 17.8 Å². The molecule has 2 aromatic carbocycles. The number of nitrogens with zero attached hydrogens (tertiary/aromatic N) is 4. The number of imide groups is 1. The molecule has 4 amide bonds. The van der Waals surface area contributed by atoms with Crippen LogP contribution in [-0.2, 0) is 21.7 Å². The Hall–Kier alpha value is -3.94. The topological polar surface area (TPSA) is 87.5 Å². The smallest absolute Gasteiger partial charge is 0.325 e. The van der Waals surface area contributed by atoms with Crippen LogP contribution in [0.2, 0.25) is 0 Å². The Bertz CT molecular complexity index is 1130. The van der Waals surface area contributed by atoms with Crippen molar-refractivity contribution in [2.24, 2.45) is 0 Å². The predicted molar refractivity (Wildman–Crippen MR) is 119 cm³/mol. The minimum absolute atomic E-state index is 0.312. The highest BCUT2D eigenvalue weighted by atomic mass is 16.2. The first-order valence-corrected chi connectivity index (χ1v) is 10.5. The van der Waals surface area contributed by atoms with Gasteiger partial charge in [0, 0.05) is 25.4 Å². The van der Waals surface area contributed by atoms with Crippen LogP contribution in [0.25, 0.3) is 5.69 Å². The molecule has 8 nitrogen and oxygen atoms in total. The van der Waals surface area contributed by atoms with Crippen molar-refractivity contribution in [3.63, 3.8) is 0 Å². The second kappa shape index (κ2) is 8.66. The summed E-state index contributed by atoms with van der Waals surface area (Å²) >= 11 is 0. The summed E-state index contributed by atoms with van der Waals surface area (Å²) in [6.45, 7) is 1.84. The van der Waals surface area contributed by atoms with E-state index in [1.165, 1.54) is 4.90 Å². The Morgan fingerprint density at radius 3 is 2.38 bits per heavy atom. The van der Waals surface area contributed by atoms with Crippen molar-refractivity contribution in [1.29, 1.82) is 0 Å². The molecule has 2 heterocycles. The van der Waals surface area contributed by atoms with Gasteiger partial charge in [-0.25, -0.2) is 9.48 Å². The molecular formula is C24H25N5O3. The highest BCUT2D eigenvalue weighted by Gasteiger charge is 2.51. The summed E-state index contributed by atoms with van der Waals surface area (Å²) in [6, 6.07) is 18.2. The fourth-order valence-corrected chi connectivity index (χ4v) is 3.91. The number of hydrogen-bond acceptors (Lipinski definition) is 4. The van der Waals surface area contributed by atoms with Gasteiger partial charge in [-0.15, -0.1) is 0 Å². The lowest BCUT2D eigenvalue weighted by molar-refractivity contribution is -0.138. The van der Waals surface area contributed by atoms with E-state index in [0.29, 0.717) is 18.5 Å². The Morgan fingerprint density at radius 2 is 1.72 bits per heavy atom. The molecule has 0 bridgehead atoms. The summed E-state index contributed by atoms with van der Waals surface area (Å²) in [5, 5.41) is 7.14. The molecule has 1 aromatic heterocycles. The highest BCUT2D eigenvalue weighted by molar-refractivity contribution is 6.09. The Kier molecular flexibility index (Phi) is 5.77. The van der Waals surface area contributed by atoms with E-state index in [1.54, 1.807) is 17.9 Å². The number of likely N-dealkylation sites (N-methyl/N-ethyl adjacent to an activating group) is 1. The maximum Gasteiger partial charge on any atom is 0.325 e. The number of nitrogens with one attached hydrogen (secondary N) is 1. The van der Waals surface area contributed by atoms with Gasteiger partial charge in [0.2, 0.25) is 5.91 Å². The third-order valence-corrected chi connectivity index (χ3v) is 5.77. The fraction of sp³-hybridized carbons (Fsp3) is 0.250. The minimum atomic E-state index is -1.14. The third-order valence-electron chi connectivity index (χ3n) is 5.77. The number of carbonyl (C=O) groups is 3. The Morgan fingerprint density at radius 1 is 1.06 bits per heavy atom. The number of carbonyl (C=O) groups excluding carboxylic acids is 3. The van der Waals surface area contributed by atoms with E-state index in [-0.39, 0.29) is 12.5 Å². The van der Waals surface area contributed by atoms with Gasteiger partial charge in [0.25, 0.3) is 5.91 Å². The Balaban J connectivity index is 1.44. The molecule has 1 fully saturated rings. The first-order chi connectivity index (χ1) is 15.4. The normalized spacial score (nSPS) is 18.0. The first-order valence-electron chi connectivity index (χ1n) is 10.5. The molecule has 1 N–H and O–H groups in total. The molecule has 1 unspecified atom stereocenters. The summed E-state index contributed by atoms with van der Waals surface area (Å²) in [6.07, 6.45) is 3.94. The molecule has 8 heteroatoms. The van der Waals surface area contributed by atoms with Crippen LogP contribution >= 0.6 is 0 Å². The summed E-state index contributed by atoms with van der Waals surface area (Å²) in [5.74, 6) is -0.740. The van der Waals surface area contributed by atoms with Gasteiger partial charge in [0.15, 0.2) is 0 Å². The van der Waals surface area contributed by atoms with Crippen molar-refractivity contribution in [1.82, 2.24) is 24.9 Å². The van der Waals surface area contributed by atoms with Gasteiger partial charge in [0.1, 0.15) is 12.1 Å². The predicted octanol–water partition coefficient (Wildman–Crippen LogP) is 2.69. The SMILES string of the molecule is CCC1(c2ccccc2)NC(=O)N(CC(=O)N(C)Cc2cnn(-c3ccccc3)c2)C1=O. The van der Waals surface area contributed by atoms with Crippen LogP contribution in [0.15, 0.2) is 73.1 Å². The van der Waals surface area contributed by atoms with Crippen LogP contribution in [0.1, 0.15) is 24.5 Å². The number of rotatable bonds is 7. The van der Waals surface area contributed by atoms with Crippen LogP contribution in [0, 0.1) is 0 Å². The van der Waals surface area contributed by atoms with Crippen molar-refractivity contribution in [2.75, 3.05) is 13.6 Å². The van der Waals surface area contributed by atoms with E-state index in [0.717, 1.165) is 16.2 Å². The van der Waals surface area contributed by atoms with E-state index in [1.807, 2.05) is 73.8 Å². The third kappa shape index (κ3) is 3.87. The van der Waals surface area contributed by atoms with Crippen molar-refractivity contribution < 1.29 is 14.4 Å². The monoisotopic (exact) mass is 431 g/mol. The number of para-hydroxylation sites is 1. The molecule has 32 heavy (non-hydrogen) atoms. The lowest BCUT2D eigenvalue weighted by Gasteiger charge is -2.26. The average molecular weight is 431 g/mol. The molecular weight excluding hydrogens is 406 g/mol. The van der Waals surface area contributed by atoms with Gasteiger partial charge in [-0.1, -0.05) is 55.5 Å². The standard InChI is InChI=1S/C24H25N5O3/c1-3-24(19-10-6-4-7-11-19)22(31)28(23(32)26-24)17-21(30)27(2)15-18-14-25-29(16-18)20-12-8-5-9-13-20/h4-14,16H,3,15,17H2,1-2H3,(H,26,32). The van der Waals surface area contributed by atoms with E-state index < -0.39 is 17.5 Å². The molecule has 1 saturated heterocycles. The van der Waals surface area contributed by atoms with E-state index in [2.05, 4.69) is 10.4 Å². The van der Waals surface area contributed by atoms with Crippen LogP contribution in [-0.4, -0.2) is 51.0 Å². The van der Waals surface area contributed by atoms with Gasteiger partial charge in [-0.05, 0) is 24.1 Å². The van der Waals surface area contributed by atoms with Gasteiger partial charge in [-0.3, -0.25) is 14.5 Å². The maximum absolute atomic E-state index is 13.2. The van der Waals surface area contributed by atoms with Crippen LogP contribution in [0.4, 0.5) is 4.79 Å². The summed E-state index contributed by atoms with van der Waals surface area (Å²) in [4.78, 5) is 41.1. The van der Waals surface area contributed by atoms with Crippen LogP contribution in [0.3, 0.4) is 0 Å². The fourth-order valence-electron chi connectivity index (χ4n) is 3.91. The van der Waals surface area contributed by atoms with E-state index in [9.17, 15) is 14.4 Å². The number of urea groups is 1. The number of hydrogen-bond donors (Lipinski definition) is 1. The lowest BCUT2D eigenvalue weighted by atomic mass is 9.87. The molecule has 0 aliphatic carbocycles. The molecule has 1 atom stereocenters. The van der Waals surface area contributed by atoms with Gasteiger partial charge >= 0.3 is 6.03 Å². The molecule has 4 rings (SSSR count). The summed E-state index contributed by atoms with van der Waals surface area (Å²) in [7, 11) is 1.64. The molecule has 0 saturated carbocycles. The van der Waals surface area contributed by atoms with Crippen LogP contribution < -0.4 is 5.32 Å². The van der Waals surface area contributed by atoms with Crippen molar-refractivity contribution in [3.05, 3.63) is 84.2 Å². The van der Waals surface area contributed by atoms with Crippen molar-refractivity contribution in [3.8, 4) is 5.69 Å². The largest absolute Gasteiger partial charge is 0.340 e. The zero-order valence-corrected chi connectivity index (χ0v) is 18.1. The molecule has 1 aliphatic rings. The zero-order chi connectivity index (χ0) is 22.7. The van der Waals surface area contributed by atoms with E-state index in [4.69, 9.17) is 0 Å². The van der Waals surface area contributed by atoms with Gasteiger partial charge in [0.05, 0.1) is 11.9 Å².